The van der Waals surface area contributed by atoms with Crippen LogP contribution in [0, 0.1) is 0 Å². The van der Waals surface area contributed by atoms with Crippen LogP contribution in [0.5, 0.6) is 0 Å². The van der Waals surface area contributed by atoms with Gasteiger partial charge in [0.25, 0.3) is 0 Å². The molecular weight excluding hydrogens is 276 g/mol. The van der Waals surface area contributed by atoms with Crippen molar-refractivity contribution in [1.82, 2.24) is 0 Å². The van der Waals surface area contributed by atoms with E-state index in [-0.39, 0.29) is 0 Å². The van der Waals surface area contributed by atoms with Gasteiger partial charge in [-0.25, -0.2) is 0 Å². The van der Waals surface area contributed by atoms with Crippen LogP contribution < -0.4 is 0 Å². The number of rotatable bonds is 14. The smallest absolute Gasteiger partial charge is 0.0271 e. The van der Waals surface area contributed by atoms with Crippen molar-refractivity contribution in [3.05, 3.63) is 34.9 Å². The second kappa shape index (κ2) is 14.8. The molecule has 23 heavy (non-hydrogen) atoms. The maximum atomic E-state index is 4.33. The van der Waals surface area contributed by atoms with E-state index in [1.807, 2.05) is 0 Å². The predicted octanol–water partition coefficient (Wildman–Crippen LogP) is 8.55. The van der Waals surface area contributed by atoms with Crippen molar-refractivity contribution in [1.29, 1.82) is 0 Å². The lowest BCUT2D eigenvalue weighted by Gasteiger charge is -2.15. The summed E-state index contributed by atoms with van der Waals surface area (Å²) in [5, 5.41) is 0. The number of hydrogen-bond donors (Lipinski definition) is 0. The molecule has 0 aliphatic carbocycles. The first-order chi connectivity index (χ1) is 11.1. The summed E-state index contributed by atoms with van der Waals surface area (Å²) in [5.41, 5.74) is 5.73. The maximum absolute atomic E-state index is 4.33. The Labute approximate surface area is 147 Å². The molecule has 0 amide bonds. The molecule has 0 aliphatic heterocycles. The molecular formula is C23H42. The van der Waals surface area contributed by atoms with Crippen LogP contribution in [0.1, 0.15) is 112 Å². The first-order valence-electron chi connectivity index (χ1n) is 10.2. The van der Waals surface area contributed by atoms with Gasteiger partial charge in [0.2, 0.25) is 0 Å². The molecule has 0 aliphatic rings. The minimum atomic E-state index is 1.09. The normalized spacial score (nSPS) is 13.2. The van der Waals surface area contributed by atoms with Crippen molar-refractivity contribution in [2.24, 2.45) is 0 Å². The first-order valence-corrected chi connectivity index (χ1v) is 10.2. The SMILES string of the molecule is C=C(/C(=C\C)CC)/C(C)=C(\CC)CCCCCCCCCCC. The standard InChI is InChI=1S/C23H42/c1-7-11-12-13-14-15-16-17-18-19-23(10-4)21(6)20(5)22(8-2)9-3/h8H,5,7,9-19H2,1-4,6H3/b22-8-,23-21+. The van der Waals surface area contributed by atoms with Crippen LogP contribution in [0.2, 0.25) is 0 Å². The fourth-order valence-electron chi connectivity index (χ4n) is 3.32. The van der Waals surface area contributed by atoms with Crippen LogP contribution in [0.25, 0.3) is 0 Å². The van der Waals surface area contributed by atoms with E-state index in [0.29, 0.717) is 0 Å². The zero-order chi connectivity index (χ0) is 17.5. The van der Waals surface area contributed by atoms with E-state index in [1.165, 1.54) is 87.3 Å². The van der Waals surface area contributed by atoms with Gasteiger partial charge in [0.1, 0.15) is 0 Å². The van der Waals surface area contributed by atoms with Crippen molar-refractivity contribution in [3.63, 3.8) is 0 Å². The summed E-state index contributed by atoms with van der Waals surface area (Å²) in [6.07, 6.45) is 18.4. The summed E-state index contributed by atoms with van der Waals surface area (Å²) in [6.45, 7) is 15.5. The molecule has 0 heterocycles. The van der Waals surface area contributed by atoms with E-state index in [1.54, 1.807) is 5.57 Å². The van der Waals surface area contributed by atoms with Gasteiger partial charge in [-0.2, -0.15) is 0 Å². The number of hydrogen-bond acceptors (Lipinski definition) is 0. The average Bonchev–Trinajstić information content (AvgIpc) is 2.57. The summed E-state index contributed by atoms with van der Waals surface area (Å²) in [5.74, 6) is 0. The van der Waals surface area contributed by atoms with Crippen LogP contribution in [-0.2, 0) is 0 Å². The van der Waals surface area contributed by atoms with Gasteiger partial charge in [-0.3, -0.25) is 0 Å². The molecule has 0 atom stereocenters. The highest BCUT2D eigenvalue weighted by Gasteiger charge is 2.07. The summed E-state index contributed by atoms with van der Waals surface area (Å²) >= 11 is 0. The Morgan fingerprint density at radius 1 is 0.783 bits per heavy atom. The molecule has 0 heteroatoms. The quantitative estimate of drug-likeness (QED) is 0.222. The molecule has 0 aromatic heterocycles. The van der Waals surface area contributed by atoms with Gasteiger partial charge < -0.3 is 0 Å². The zero-order valence-corrected chi connectivity index (χ0v) is 16.8. The third-order valence-electron chi connectivity index (χ3n) is 5.11. The molecule has 0 rings (SSSR count). The van der Waals surface area contributed by atoms with E-state index in [9.17, 15) is 0 Å². The number of unbranched alkanes of at least 4 members (excludes halogenated alkanes) is 8. The molecule has 0 aromatic rings. The average molecular weight is 319 g/mol. The zero-order valence-electron chi connectivity index (χ0n) is 16.8. The Balaban J connectivity index is 4.10. The van der Waals surface area contributed by atoms with Crippen molar-refractivity contribution in [2.75, 3.05) is 0 Å². The summed E-state index contributed by atoms with van der Waals surface area (Å²) in [7, 11) is 0. The Bertz CT molecular complexity index is 367. The van der Waals surface area contributed by atoms with Gasteiger partial charge in [0.15, 0.2) is 0 Å². The van der Waals surface area contributed by atoms with Gasteiger partial charge in [0, 0.05) is 0 Å². The second-order valence-electron chi connectivity index (χ2n) is 6.81. The monoisotopic (exact) mass is 318 g/mol. The van der Waals surface area contributed by atoms with E-state index in [2.05, 4.69) is 47.3 Å². The Morgan fingerprint density at radius 2 is 1.30 bits per heavy atom. The lowest BCUT2D eigenvalue weighted by molar-refractivity contribution is 0.563. The van der Waals surface area contributed by atoms with Crippen LogP contribution in [-0.4, -0.2) is 0 Å². The molecule has 0 radical (unpaired) electrons. The minimum Gasteiger partial charge on any atom is -0.0912 e. The molecule has 0 N–H and O–H groups in total. The third kappa shape index (κ3) is 9.84. The van der Waals surface area contributed by atoms with E-state index in [0.717, 1.165) is 6.42 Å². The summed E-state index contributed by atoms with van der Waals surface area (Å²) < 4.78 is 0. The maximum Gasteiger partial charge on any atom is -0.0271 e. The summed E-state index contributed by atoms with van der Waals surface area (Å²) in [6, 6.07) is 0. The molecule has 0 saturated carbocycles. The van der Waals surface area contributed by atoms with Crippen LogP contribution >= 0.6 is 0 Å². The number of allylic oxidation sites excluding steroid dienone is 5. The molecule has 0 bridgehead atoms. The van der Waals surface area contributed by atoms with E-state index < -0.39 is 0 Å². The van der Waals surface area contributed by atoms with Gasteiger partial charge in [-0.05, 0) is 56.3 Å². The predicted molar refractivity (Wildman–Crippen MR) is 108 cm³/mol. The molecule has 0 spiro atoms. The fraction of sp³-hybridized carbons (Fsp3) is 0.739. The van der Waals surface area contributed by atoms with Crippen molar-refractivity contribution in [3.8, 4) is 0 Å². The van der Waals surface area contributed by atoms with Crippen molar-refractivity contribution < 1.29 is 0 Å². The largest absolute Gasteiger partial charge is 0.0912 e. The van der Waals surface area contributed by atoms with E-state index >= 15 is 0 Å². The lowest BCUT2D eigenvalue weighted by atomic mass is 9.91. The molecule has 0 nitrogen and oxygen atoms in total. The molecule has 0 aromatic carbocycles. The highest BCUT2D eigenvalue weighted by atomic mass is 14.1. The van der Waals surface area contributed by atoms with Gasteiger partial charge in [0.05, 0.1) is 0 Å². The second-order valence-corrected chi connectivity index (χ2v) is 6.81. The van der Waals surface area contributed by atoms with Gasteiger partial charge in [-0.15, -0.1) is 0 Å². The molecule has 0 saturated heterocycles. The van der Waals surface area contributed by atoms with Crippen LogP contribution in [0.3, 0.4) is 0 Å². The van der Waals surface area contributed by atoms with Crippen LogP contribution in [0.15, 0.2) is 34.9 Å². The third-order valence-corrected chi connectivity index (χ3v) is 5.11. The van der Waals surface area contributed by atoms with Crippen LogP contribution in [0.4, 0.5) is 0 Å². The highest BCUT2D eigenvalue weighted by molar-refractivity contribution is 5.45. The van der Waals surface area contributed by atoms with Crippen molar-refractivity contribution >= 4 is 0 Å². The van der Waals surface area contributed by atoms with Crippen molar-refractivity contribution in [2.45, 2.75) is 112 Å². The Kier molecular flexibility index (Phi) is 14.3. The summed E-state index contributed by atoms with van der Waals surface area (Å²) in [4.78, 5) is 0. The van der Waals surface area contributed by atoms with Gasteiger partial charge in [-0.1, -0.05) is 90.4 Å². The molecule has 0 fully saturated rings. The Morgan fingerprint density at radius 3 is 1.74 bits per heavy atom. The molecule has 134 valence electrons. The highest BCUT2D eigenvalue weighted by Crippen LogP contribution is 2.27. The topological polar surface area (TPSA) is 0 Å². The Hall–Kier alpha value is -0.780. The fourth-order valence-corrected chi connectivity index (χ4v) is 3.32. The first kappa shape index (κ1) is 22.2. The van der Waals surface area contributed by atoms with E-state index in [4.69, 9.17) is 0 Å². The minimum absolute atomic E-state index is 1.09. The van der Waals surface area contributed by atoms with Gasteiger partial charge >= 0.3 is 0 Å². The molecule has 0 unspecified atom stereocenters. The lowest BCUT2D eigenvalue weighted by Crippen LogP contribution is -1.95.